The van der Waals surface area contributed by atoms with E-state index in [1.165, 1.54) is 24.3 Å². The maximum Gasteiger partial charge on any atom is 0.253 e. The number of rotatable bonds is 4. The van der Waals surface area contributed by atoms with Crippen LogP contribution in [0, 0.1) is 11.7 Å². The van der Waals surface area contributed by atoms with E-state index >= 15 is 0 Å². The normalized spacial score (nSPS) is 16.3. The minimum atomic E-state index is -0.374. The Balaban J connectivity index is 1.29. The Morgan fingerprint density at radius 3 is 2.53 bits per heavy atom. The molecule has 0 bridgehead atoms. The van der Waals surface area contributed by atoms with Gasteiger partial charge in [0.2, 0.25) is 5.91 Å². The third kappa shape index (κ3) is 4.51. The quantitative estimate of drug-likeness (QED) is 0.803. The Kier molecular flexibility index (Phi) is 6.08. The summed E-state index contributed by atoms with van der Waals surface area (Å²) in [6, 6.07) is 9.10. The SMILES string of the molecule is O=C(NCc1cc(Cl)c2c(c1)OCCO2)C1CCN(C(=O)c2ccc(F)cc2)CC1. The molecule has 0 unspecified atom stereocenters. The summed E-state index contributed by atoms with van der Waals surface area (Å²) < 4.78 is 24.1. The van der Waals surface area contributed by atoms with Gasteiger partial charge < -0.3 is 19.7 Å². The van der Waals surface area contributed by atoms with Crippen LogP contribution in [0.2, 0.25) is 5.02 Å². The molecule has 6 nitrogen and oxygen atoms in total. The maximum atomic E-state index is 13.0. The van der Waals surface area contributed by atoms with Gasteiger partial charge in [-0.1, -0.05) is 11.6 Å². The lowest BCUT2D eigenvalue weighted by Crippen LogP contribution is -2.42. The Morgan fingerprint density at radius 1 is 1.10 bits per heavy atom. The zero-order valence-electron chi connectivity index (χ0n) is 16.3. The van der Waals surface area contributed by atoms with Crippen molar-refractivity contribution in [1.82, 2.24) is 10.2 Å². The fraction of sp³-hybridized carbons (Fsp3) is 0.364. The van der Waals surface area contributed by atoms with E-state index in [1.54, 1.807) is 11.0 Å². The molecule has 1 saturated heterocycles. The Labute approximate surface area is 178 Å². The van der Waals surface area contributed by atoms with Crippen molar-refractivity contribution in [1.29, 1.82) is 0 Å². The summed E-state index contributed by atoms with van der Waals surface area (Å²) in [6.45, 7) is 2.25. The Morgan fingerprint density at radius 2 is 1.80 bits per heavy atom. The zero-order chi connectivity index (χ0) is 21.1. The highest BCUT2D eigenvalue weighted by Crippen LogP contribution is 2.38. The van der Waals surface area contributed by atoms with Gasteiger partial charge in [-0.05, 0) is 54.8 Å². The number of ether oxygens (including phenoxy) is 2. The molecule has 0 atom stereocenters. The number of piperidine rings is 1. The summed E-state index contributed by atoms with van der Waals surface area (Å²) in [5.41, 5.74) is 1.29. The van der Waals surface area contributed by atoms with Gasteiger partial charge in [-0.15, -0.1) is 0 Å². The van der Waals surface area contributed by atoms with Crippen LogP contribution < -0.4 is 14.8 Å². The van der Waals surface area contributed by atoms with E-state index in [2.05, 4.69) is 5.32 Å². The number of fused-ring (bicyclic) bond motifs is 1. The van der Waals surface area contributed by atoms with Gasteiger partial charge in [0.15, 0.2) is 11.5 Å². The smallest absolute Gasteiger partial charge is 0.253 e. The number of hydrogen-bond donors (Lipinski definition) is 1. The second kappa shape index (κ2) is 8.92. The fourth-order valence-corrected chi connectivity index (χ4v) is 4.01. The van der Waals surface area contributed by atoms with E-state index < -0.39 is 0 Å². The van der Waals surface area contributed by atoms with Gasteiger partial charge in [0.1, 0.15) is 19.0 Å². The van der Waals surface area contributed by atoms with Gasteiger partial charge in [0.05, 0.1) is 5.02 Å². The molecule has 2 heterocycles. The van der Waals surface area contributed by atoms with Crippen LogP contribution in [-0.2, 0) is 11.3 Å². The number of carbonyl (C=O) groups excluding carboxylic acids is 2. The molecule has 158 valence electrons. The first-order valence-corrected chi connectivity index (χ1v) is 10.3. The first kappa shape index (κ1) is 20.5. The topological polar surface area (TPSA) is 67.9 Å². The molecular weight excluding hydrogens is 411 g/mol. The predicted molar refractivity (Wildman–Crippen MR) is 109 cm³/mol. The summed E-state index contributed by atoms with van der Waals surface area (Å²) in [5, 5.41) is 3.41. The van der Waals surface area contributed by atoms with Crippen molar-refractivity contribution in [3.63, 3.8) is 0 Å². The lowest BCUT2D eigenvalue weighted by Gasteiger charge is -2.31. The summed E-state index contributed by atoms with van der Waals surface area (Å²) in [4.78, 5) is 26.8. The van der Waals surface area contributed by atoms with Gasteiger partial charge in [-0.3, -0.25) is 9.59 Å². The molecule has 0 spiro atoms. The van der Waals surface area contributed by atoms with Crippen molar-refractivity contribution in [2.24, 2.45) is 5.92 Å². The first-order chi connectivity index (χ1) is 14.5. The molecule has 0 aromatic heterocycles. The molecule has 2 aliphatic rings. The molecule has 2 amide bonds. The van der Waals surface area contributed by atoms with Crippen LogP contribution >= 0.6 is 11.6 Å². The number of nitrogens with zero attached hydrogens (tertiary/aromatic N) is 1. The molecule has 0 radical (unpaired) electrons. The zero-order valence-corrected chi connectivity index (χ0v) is 17.1. The van der Waals surface area contributed by atoms with Crippen LogP contribution in [0.1, 0.15) is 28.8 Å². The molecule has 0 aliphatic carbocycles. The third-order valence-corrected chi connectivity index (χ3v) is 5.65. The number of hydrogen-bond acceptors (Lipinski definition) is 4. The number of nitrogens with one attached hydrogen (secondary N) is 1. The van der Waals surface area contributed by atoms with Crippen LogP contribution in [0.4, 0.5) is 4.39 Å². The second-order valence-corrected chi connectivity index (χ2v) is 7.80. The summed E-state index contributed by atoms with van der Waals surface area (Å²) in [7, 11) is 0. The van der Waals surface area contributed by atoms with Crippen LogP contribution in [0.3, 0.4) is 0 Å². The molecule has 1 fully saturated rings. The molecule has 2 aromatic carbocycles. The highest BCUT2D eigenvalue weighted by molar-refractivity contribution is 6.32. The number of likely N-dealkylation sites (tertiary alicyclic amines) is 1. The molecule has 2 aromatic rings. The lowest BCUT2D eigenvalue weighted by atomic mass is 9.95. The summed E-state index contributed by atoms with van der Waals surface area (Å²) in [5.74, 6) is 0.410. The lowest BCUT2D eigenvalue weighted by molar-refractivity contribution is -0.126. The largest absolute Gasteiger partial charge is 0.486 e. The number of benzene rings is 2. The van der Waals surface area contributed by atoms with Crippen molar-refractivity contribution < 1.29 is 23.5 Å². The molecule has 1 N–H and O–H groups in total. The van der Waals surface area contributed by atoms with E-state index in [-0.39, 0.29) is 23.5 Å². The summed E-state index contributed by atoms with van der Waals surface area (Å²) >= 11 is 6.24. The Hall–Kier alpha value is -2.80. The minimum Gasteiger partial charge on any atom is -0.486 e. The van der Waals surface area contributed by atoms with Crippen LogP contribution in [-0.4, -0.2) is 43.0 Å². The summed E-state index contributed by atoms with van der Waals surface area (Å²) in [6.07, 6.45) is 1.17. The first-order valence-electron chi connectivity index (χ1n) is 9.92. The van der Waals surface area contributed by atoms with E-state index in [0.29, 0.717) is 67.8 Å². The van der Waals surface area contributed by atoms with Crippen molar-refractivity contribution in [2.75, 3.05) is 26.3 Å². The van der Waals surface area contributed by atoms with Crippen LogP contribution in [0.25, 0.3) is 0 Å². The standard InChI is InChI=1S/C22H22ClFN2O4/c23-18-11-14(12-19-20(18)30-10-9-29-19)13-25-21(27)15-5-7-26(8-6-15)22(28)16-1-3-17(24)4-2-16/h1-4,11-12,15H,5-10,13H2,(H,25,27). The Bertz CT molecular complexity index is 943. The van der Waals surface area contributed by atoms with Gasteiger partial charge in [0.25, 0.3) is 5.91 Å². The molecule has 30 heavy (non-hydrogen) atoms. The average molecular weight is 433 g/mol. The van der Waals surface area contributed by atoms with E-state index in [1.807, 2.05) is 6.07 Å². The minimum absolute atomic E-state index is 0.0464. The van der Waals surface area contributed by atoms with Crippen molar-refractivity contribution >= 4 is 23.4 Å². The molecule has 0 saturated carbocycles. The highest BCUT2D eigenvalue weighted by Gasteiger charge is 2.28. The van der Waals surface area contributed by atoms with Crippen molar-refractivity contribution in [3.05, 3.63) is 58.4 Å². The van der Waals surface area contributed by atoms with E-state index in [0.717, 1.165) is 5.56 Å². The highest BCUT2D eigenvalue weighted by atomic mass is 35.5. The predicted octanol–water partition coefficient (Wildman–Crippen LogP) is 3.42. The van der Waals surface area contributed by atoms with Crippen LogP contribution in [0.15, 0.2) is 36.4 Å². The van der Waals surface area contributed by atoms with Crippen molar-refractivity contribution in [3.8, 4) is 11.5 Å². The number of halogens is 2. The molecule has 2 aliphatic heterocycles. The number of amides is 2. The monoisotopic (exact) mass is 432 g/mol. The third-order valence-electron chi connectivity index (χ3n) is 5.37. The van der Waals surface area contributed by atoms with Crippen LogP contribution in [0.5, 0.6) is 11.5 Å². The maximum absolute atomic E-state index is 13.0. The molecule has 8 heteroatoms. The molecular formula is C22H22ClFN2O4. The van der Waals surface area contributed by atoms with E-state index in [9.17, 15) is 14.0 Å². The fourth-order valence-electron chi connectivity index (χ4n) is 3.72. The average Bonchev–Trinajstić information content (AvgIpc) is 2.78. The second-order valence-electron chi connectivity index (χ2n) is 7.39. The number of carbonyl (C=O) groups is 2. The molecule has 4 rings (SSSR count). The van der Waals surface area contributed by atoms with Gasteiger partial charge >= 0.3 is 0 Å². The van der Waals surface area contributed by atoms with E-state index in [4.69, 9.17) is 21.1 Å². The van der Waals surface area contributed by atoms with Gasteiger partial charge in [-0.2, -0.15) is 0 Å². The van der Waals surface area contributed by atoms with Gasteiger partial charge in [-0.25, -0.2) is 4.39 Å². The van der Waals surface area contributed by atoms with Crippen molar-refractivity contribution in [2.45, 2.75) is 19.4 Å². The van der Waals surface area contributed by atoms with Gasteiger partial charge in [0, 0.05) is 31.1 Å².